The second kappa shape index (κ2) is 5.30. The molecule has 0 spiro atoms. The van der Waals surface area contributed by atoms with Gasteiger partial charge in [-0.1, -0.05) is 32.6 Å². The van der Waals surface area contributed by atoms with Gasteiger partial charge in [0.05, 0.1) is 0 Å². The van der Waals surface area contributed by atoms with Crippen LogP contribution in [0.5, 0.6) is 0 Å². The summed E-state index contributed by atoms with van der Waals surface area (Å²) in [4.78, 5) is 0. The molecular formula is C16H29N. The van der Waals surface area contributed by atoms with Gasteiger partial charge in [-0.25, -0.2) is 0 Å². The average molecular weight is 235 g/mol. The van der Waals surface area contributed by atoms with Gasteiger partial charge >= 0.3 is 0 Å². The van der Waals surface area contributed by atoms with Gasteiger partial charge in [0, 0.05) is 12.1 Å². The van der Waals surface area contributed by atoms with Crippen molar-refractivity contribution in [1.29, 1.82) is 0 Å². The van der Waals surface area contributed by atoms with Gasteiger partial charge in [-0.2, -0.15) is 0 Å². The van der Waals surface area contributed by atoms with Gasteiger partial charge in [-0.3, -0.25) is 0 Å². The zero-order valence-electron chi connectivity index (χ0n) is 11.5. The maximum Gasteiger partial charge on any atom is 0.00723 e. The first kappa shape index (κ1) is 12.0. The van der Waals surface area contributed by atoms with Crippen LogP contribution < -0.4 is 5.32 Å². The van der Waals surface area contributed by atoms with Crippen molar-refractivity contribution >= 4 is 0 Å². The lowest BCUT2D eigenvalue weighted by atomic mass is 9.82. The molecule has 3 atom stereocenters. The molecule has 17 heavy (non-hydrogen) atoms. The van der Waals surface area contributed by atoms with E-state index in [4.69, 9.17) is 0 Å². The first-order valence-corrected chi connectivity index (χ1v) is 8.11. The Hall–Kier alpha value is -0.0400. The van der Waals surface area contributed by atoms with Crippen molar-refractivity contribution in [3.8, 4) is 0 Å². The smallest absolute Gasteiger partial charge is 0.00723 e. The molecule has 0 bridgehead atoms. The summed E-state index contributed by atoms with van der Waals surface area (Å²) in [6.07, 6.45) is 14.8. The highest BCUT2D eigenvalue weighted by Crippen LogP contribution is 2.44. The van der Waals surface area contributed by atoms with Crippen LogP contribution in [0, 0.1) is 17.8 Å². The molecule has 3 aliphatic carbocycles. The summed E-state index contributed by atoms with van der Waals surface area (Å²) in [6, 6.07) is 1.68. The quantitative estimate of drug-likeness (QED) is 0.730. The number of nitrogens with one attached hydrogen (secondary N) is 1. The predicted molar refractivity (Wildman–Crippen MR) is 73.0 cm³/mol. The van der Waals surface area contributed by atoms with Gasteiger partial charge in [-0.15, -0.1) is 0 Å². The van der Waals surface area contributed by atoms with E-state index in [1.807, 2.05) is 0 Å². The van der Waals surface area contributed by atoms with Crippen molar-refractivity contribution in [1.82, 2.24) is 5.32 Å². The van der Waals surface area contributed by atoms with E-state index in [1.165, 1.54) is 64.2 Å². The van der Waals surface area contributed by atoms with Gasteiger partial charge in [0.15, 0.2) is 0 Å². The molecule has 98 valence electrons. The fourth-order valence-corrected chi connectivity index (χ4v) is 3.82. The van der Waals surface area contributed by atoms with Crippen LogP contribution in [0.25, 0.3) is 0 Å². The van der Waals surface area contributed by atoms with Crippen molar-refractivity contribution in [2.75, 3.05) is 0 Å². The summed E-state index contributed by atoms with van der Waals surface area (Å²) in [5, 5.41) is 3.99. The SMILES string of the molecule is CCC(CC1CC1)NC1CCCC(C2CC2)C1. The van der Waals surface area contributed by atoms with Crippen molar-refractivity contribution in [2.24, 2.45) is 17.8 Å². The normalized spacial score (nSPS) is 35.8. The molecule has 0 amide bonds. The first-order valence-electron chi connectivity index (χ1n) is 8.11. The number of hydrogen-bond acceptors (Lipinski definition) is 1. The zero-order valence-corrected chi connectivity index (χ0v) is 11.5. The Morgan fingerprint density at radius 1 is 1.00 bits per heavy atom. The molecule has 3 rings (SSSR count). The van der Waals surface area contributed by atoms with Crippen LogP contribution in [-0.2, 0) is 0 Å². The molecule has 0 aliphatic heterocycles. The minimum atomic E-state index is 0.824. The highest BCUT2D eigenvalue weighted by atomic mass is 15.0. The van der Waals surface area contributed by atoms with Crippen LogP contribution in [0.1, 0.15) is 71.1 Å². The molecule has 3 saturated carbocycles. The molecule has 3 unspecified atom stereocenters. The average Bonchev–Trinajstić information content (AvgIpc) is 3.21. The lowest BCUT2D eigenvalue weighted by Gasteiger charge is -2.33. The number of hydrogen-bond donors (Lipinski definition) is 1. The topological polar surface area (TPSA) is 12.0 Å². The molecule has 0 heterocycles. The molecule has 0 aromatic heterocycles. The third-order valence-electron chi connectivity index (χ3n) is 5.28. The van der Waals surface area contributed by atoms with Crippen LogP contribution in [0.4, 0.5) is 0 Å². The van der Waals surface area contributed by atoms with Crippen molar-refractivity contribution < 1.29 is 0 Å². The monoisotopic (exact) mass is 235 g/mol. The van der Waals surface area contributed by atoms with Crippen molar-refractivity contribution in [3.63, 3.8) is 0 Å². The zero-order chi connectivity index (χ0) is 11.7. The fourth-order valence-electron chi connectivity index (χ4n) is 3.82. The van der Waals surface area contributed by atoms with E-state index in [0.717, 1.165) is 29.8 Å². The van der Waals surface area contributed by atoms with E-state index in [1.54, 1.807) is 0 Å². The molecule has 3 fully saturated rings. The van der Waals surface area contributed by atoms with Crippen LogP contribution in [0.2, 0.25) is 0 Å². The standard InChI is InChI=1S/C16H29N/c1-2-15(10-12-6-7-12)17-16-5-3-4-14(11-16)13-8-9-13/h12-17H,2-11H2,1H3. The van der Waals surface area contributed by atoms with Crippen LogP contribution in [0.15, 0.2) is 0 Å². The Morgan fingerprint density at radius 3 is 2.47 bits per heavy atom. The summed E-state index contributed by atoms with van der Waals surface area (Å²) in [5.74, 6) is 3.29. The Bertz CT molecular complexity index is 242. The van der Waals surface area contributed by atoms with Gasteiger partial charge in [-0.05, 0) is 56.3 Å². The molecule has 1 nitrogen and oxygen atoms in total. The van der Waals surface area contributed by atoms with E-state index >= 15 is 0 Å². The third-order valence-corrected chi connectivity index (χ3v) is 5.28. The van der Waals surface area contributed by atoms with Crippen LogP contribution in [-0.4, -0.2) is 12.1 Å². The van der Waals surface area contributed by atoms with Crippen molar-refractivity contribution in [2.45, 2.75) is 83.2 Å². The van der Waals surface area contributed by atoms with E-state index in [-0.39, 0.29) is 0 Å². The van der Waals surface area contributed by atoms with Gasteiger partial charge in [0.1, 0.15) is 0 Å². The highest BCUT2D eigenvalue weighted by molar-refractivity contribution is 4.89. The largest absolute Gasteiger partial charge is 0.311 e. The van der Waals surface area contributed by atoms with Gasteiger partial charge in [0.2, 0.25) is 0 Å². The lowest BCUT2D eigenvalue weighted by molar-refractivity contribution is 0.239. The molecule has 0 radical (unpaired) electrons. The summed E-state index contributed by atoms with van der Waals surface area (Å²) >= 11 is 0. The molecule has 0 aromatic carbocycles. The first-order chi connectivity index (χ1) is 8.35. The second-order valence-corrected chi connectivity index (χ2v) is 6.91. The molecule has 3 aliphatic rings. The molecule has 0 saturated heterocycles. The maximum absolute atomic E-state index is 3.99. The van der Waals surface area contributed by atoms with E-state index in [0.29, 0.717) is 0 Å². The van der Waals surface area contributed by atoms with E-state index in [2.05, 4.69) is 12.2 Å². The highest BCUT2D eigenvalue weighted by Gasteiger charge is 2.35. The Labute approximate surface area is 107 Å². The van der Waals surface area contributed by atoms with Crippen LogP contribution >= 0.6 is 0 Å². The fraction of sp³-hybridized carbons (Fsp3) is 1.00. The molecule has 0 aromatic rings. The summed E-state index contributed by atoms with van der Waals surface area (Å²) in [5.41, 5.74) is 0. The Balaban J connectivity index is 1.45. The molecule has 1 N–H and O–H groups in total. The van der Waals surface area contributed by atoms with E-state index in [9.17, 15) is 0 Å². The van der Waals surface area contributed by atoms with Crippen molar-refractivity contribution in [3.05, 3.63) is 0 Å². The molecular weight excluding hydrogens is 206 g/mol. The minimum Gasteiger partial charge on any atom is -0.311 e. The van der Waals surface area contributed by atoms with Crippen LogP contribution in [0.3, 0.4) is 0 Å². The minimum absolute atomic E-state index is 0.824. The predicted octanol–water partition coefficient (Wildman–Crippen LogP) is 4.12. The second-order valence-electron chi connectivity index (χ2n) is 6.91. The Morgan fingerprint density at radius 2 is 1.82 bits per heavy atom. The Kier molecular flexibility index (Phi) is 3.75. The number of rotatable bonds is 6. The summed E-state index contributed by atoms with van der Waals surface area (Å²) in [6.45, 7) is 2.36. The maximum atomic E-state index is 3.99. The lowest BCUT2D eigenvalue weighted by Crippen LogP contribution is -2.41. The molecule has 1 heteroatoms. The summed E-state index contributed by atoms with van der Waals surface area (Å²) in [7, 11) is 0. The van der Waals surface area contributed by atoms with Gasteiger partial charge < -0.3 is 5.32 Å². The van der Waals surface area contributed by atoms with Gasteiger partial charge in [0.25, 0.3) is 0 Å². The summed E-state index contributed by atoms with van der Waals surface area (Å²) < 4.78 is 0. The van der Waals surface area contributed by atoms with E-state index < -0.39 is 0 Å². The third kappa shape index (κ3) is 3.47.